The number of hydrogen-bond acceptors (Lipinski definition) is 0. The van der Waals surface area contributed by atoms with Crippen LogP contribution in [0.1, 0.15) is 209 Å². The van der Waals surface area contributed by atoms with Gasteiger partial charge in [-0.2, -0.15) is 0 Å². The Labute approximate surface area is 418 Å². The smallest absolute Gasteiger partial charge is 0.0125 e. The molecular weight excluding hydrogens is 817 g/mol. The van der Waals surface area contributed by atoms with E-state index in [0.717, 1.165) is 47.3 Å². The van der Waals surface area contributed by atoms with Gasteiger partial charge in [0.1, 0.15) is 0 Å². The molecule has 0 heteroatoms. The third-order valence-electron chi connectivity index (χ3n) is 18.2. The summed E-state index contributed by atoms with van der Waals surface area (Å²) in [6.45, 7) is 27.4. The molecule has 0 aliphatic heterocycles. The summed E-state index contributed by atoms with van der Waals surface area (Å²) in [6.07, 6.45) is 25.7. The molecule has 5 aromatic rings. The van der Waals surface area contributed by atoms with E-state index in [1.54, 1.807) is 11.1 Å². The van der Waals surface area contributed by atoms with Crippen LogP contribution in [0.15, 0.2) is 84.9 Å². The first-order valence-electron chi connectivity index (χ1n) is 28.0. The summed E-state index contributed by atoms with van der Waals surface area (Å²) in [5, 5.41) is 0. The highest BCUT2D eigenvalue weighted by molar-refractivity contribution is 5.73. The summed E-state index contributed by atoms with van der Waals surface area (Å²) in [6, 6.07) is 32.7. The van der Waals surface area contributed by atoms with Gasteiger partial charge in [-0.25, -0.2) is 0 Å². The van der Waals surface area contributed by atoms with Crippen molar-refractivity contribution < 1.29 is 0 Å². The summed E-state index contributed by atoms with van der Waals surface area (Å²) >= 11 is 0. The predicted molar refractivity (Wildman–Crippen MR) is 298 cm³/mol. The summed E-state index contributed by atoms with van der Waals surface area (Å²) in [5.74, 6) is 7.55. The Kier molecular flexibility index (Phi) is 18.5. The van der Waals surface area contributed by atoms with E-state index in [9.17, 15) is 0 Å². The third-order valence-corrected chi connectivity index (χ3v) is 18.2. The van der Waals surface area contributed by atoms with Crippen LogP contribution in [-0.2, 0) is 6.42 Å². The first-order valence-corrected chi connectivity index (χ1v) is 28.0. The van der Waals surface area contributed by atoms with Gasteiger partial charge in [-0.05, 0) is 252 Å². The highest BCUT2D eigenvalue weighted by Gasteiger charge is 2.30. The van der Waals surface area contributed by atoms with Crippen molar-refractivity contribution in [1.29, 1.82) is 0 Å². The first-order chi connectivity index (χ1) is 32.6. The van der Waals surface area contributed by atoms with Crippen LogP contribution >= 0.6 is 0 Å². The molecule has 9 rings (SSSR count). The van der Waals surface area contributed by atoms with Crippen LogP contribution in [0.4, 0.5) is 0 Å². The van der Waals surface area contributed by atoms with E-state index in [1.807, 2.05) is 0 Å². The largest absolute Gasteiger partial charge is 0.0625 e. The normalized spacial score (nSPS) is 25.1. The Hall–Kier alpha value is -3.90. The number of aryl methyl sites for hydroxylation is 9. The van der Waals surface area contributed by atoms with Crippen molar-refractivity contribution in [2.45, 2.75) is 210 Å². The van der Waals surface area contributed by atoms with Crippen LogP contribution in [0, 0.1) is 97.8 Å². The molecule has 68 heavy (non-hydrogen) atoms. The average Bonchev–Trinajstić information content (AvgIpc) is 3.32. The minimum atomic E-state index is 0.778. The van der Waals surface area contributed by atoms with E-state index in [-0.39, 0.29) is 0 Å². The van der Waals surface area contributed by atoms with Crippen LogP contribution in [0.3, 0.4) is 0 Å². The zero-order chi connectivity index (χ0) is 48.5. The summed E-state index contributed by atoms with van der Waals surface area (Å²) < 4.78 is 0. The van der Waals surface area contributed by atoms with E-state index >= 15 is 0 Å². The van der Waals surface area contributed by atoms with Crippen molar-refractivity contribution in [2.75, 3.05) is 0 Å². The zero-order valence-electron chi connectivity index (χ0n) is 45.4. The van der Waals surface area contributed by atoms with Gasteiger partial charge in [0, 0.05) is 0 Å². The fourth-order valence-electron chi connectivity index (χ4n) is 13.3. The van der Waals surface area contributed by atoms with Gasteiger partial charge in [0.25, 0.3) is 0 Å². The molecule has 0 aromatic heterocycles. The second-order valence-corrected chi connectivity index (χ2v) is 23.9. The lowest BCUT2D eigenvalue weighted by Gasteiger charge is -2.37. The minimum absolute atomic E-state index is 0.778. The molecule has 4 fully saturated rings. The van der Waals surface area contributed by atoms with Gasteiger partial charge < -0.3 is 0 Å². The molecule has 366 valence electrons. The number of benzene rings is 5. The van der Waals surface area contributed by atoms with Gasteiger partial charge in [0.15, 0.2) is 0 Å². The van der Waals surface area contributed by atoms with E-state index < -0.39 is 0 Å². The molecule has 0 unspecified atom stereocenters. The summed E-state index contributed by atoms with van der Waals surface area (Å²) in [7, 11) is 0. The lowest BCUT2D eigenvalue weighted by atomic mass is 9.68. The molecule has 0 atom stereocenters. The van der Waals surface area contributed by atoms with Crippen molar-refractivity contribution in [2.24, 2.45) is 35.5 Å². The fourth-order valence-corrected chi connectivity index (χ4v) is 13.3. The Morgan fingerprint density at radius 2 is 0.735 bits per heavy atom. The van der Waals surface area contributed by atoms with Crippen molar-refractivity contribution >= 4 is 0 Å². The molecule has 0 nitrogen and oxygen atoms in total. The molecule has 0 amide bonds. The maximum atomic E-state index is 2.45. The average molecular weight is 911 g/mol. The quantitative estimate of drug-likeness (QED) is 0.146. The minimum Gasteiger partial charge on any atom is -0.0625 e. The number of rotatable bonds is 8. The van der Waals surface area contributed by atoms with Crippen LogP contribution < -0.4 is 0 Å². The Morgan fingerprint density at radius 3 is 1.24 bits per heavy atom. The lowest BCUT2D eigenvalue weighted by molar-refractivity contribution is 0.165. The van der Waals surface area contributed by atoms with Crippen molar-refractivity contribution in [3.05, 3.63) is 152 Å². The molecule has 0 bridgehead atoms. The van der Waals surface area contributed by atoms with Gasteiger partial charge in [-0.15, -0.1) is 0 Å². The third kappa shape index (κ3) is 13.9. The van der Waals surface area contributed by atoms with Crippen molar-refractivity contribution in [3.63, 3.8) is 0 Å². The second kappa shape index (κ2) is 24.3. The predicted octanol–water partition coefficient (Wildman–Crippen LogP) is 20.3. The zero-order valence-corrected chi connectivity index (χ0v) is 45.4. The standard InChI is InChI=1S/C26H36.C22H28.C20H30/c1-17-7-9-23(10-8-17)11-12-24-13-20(4)26(21(5)14-24)25-15-18(2)22(6)19(3)16-25;1-15-5-9-19(10-6-15)21-13-17(3)22(18(4)14-21)20-11-7-16(2)8-12-20;1-15-3-7-17(8-4-15)19-11-13-20(14-12-19)18-9-5-16(2)6-10-18/h13-17,23H,7-12H2,1-6H3;7-8,11-15,19H,5-6,9-10H2,1-4H3;3-4,7-8,16,18-20H,5-6,9-14H2,1-2H3. The molecule has 4 aliphatic rings. The van der Waals surface area contributed by atoms with Crippen LogP contribution in [0.25, 0.3) is 22.3 Å². The van der Waals surface area contributed by atoms with Gasteiger partial charge in [-0.1, -0.05) is 168 Å². The number of hydrogen-bond donors (Lipinski definition) is 0. The van der Waals surface area contributed by atoms with E-state index in [1.165, 1.54) is 193 Å². The van der Waals surface area contributed by atoms with Gasteiger partial charge in [0.2, 0.25) is 0 Å². The fraction of sp³-hybridized carbons (Fsp3) is 0.559. The maximum Gasteiger partial charge on any atom is -0.0125 e. The van der Waals surface area contributed by atoms with E-state index in [2.05, 4.69) is 168 Å². The molecular formula is C68H94. The molecule has 0 spiro atoms. The second-order valence-electron chi connectivity index (χ2n) is 23.9. The molecule has 0 saturated heterocycles. The highest BCUT2D eigenvalue weighted by Crippen LogP contribution is 2.44. The summed E-state index contributed by atoms with van der Waals surface area (Å²) in [4.78, 5) is 0. The highest BCUT2D eigenvalue weighted by atomic mass is 14.4. The van der Waals surface area contributed by atoms with Crippen molar-refractivity contribution in [3.8, 4) is 22.3 Å². The lowest BCUT2D eigenvalue weighted by Crippen LogP contribution is -2.24. The SMILES string of the molecule is Cc1cc(-c2c(C)cc(CCC3CCC(C)CC3)cc2C)cc(C)c1C.Cc1ccc(-c2c(C)cc(C3CCC(C)CC3)cc2C)cc1.Cc1ccc(C2CCC(C3CCC(C)CC3)CC2)cc1. The van der Waals surface area contributed by atoms with Crippen molar-refractivity contribution in [1.82, 2.24) is 0 Å². The van der Waals surface area contributed by atoms with E-state index in [0.29, 0.717) is 0 Å². The first kappa shape index (κ1) is 51.9. The molecule has 5 aromatic carbocycles. The topological polar surface area (TPSA) is 0 Å². The molecule has 0 radical (unpaired) electrons. The molecule has 4 aliphatic carbocycles. The monoisotopic (exact) mass is 911 g/mol. The van der Waals surface area contributed by atoms with Crippen LogP contribution in [0.5, 0.6) is 0 Å². The Morgan fingerprint density at radius 1 is 0.353 bits per heavy atom. The Bertz CT molecular complexity index is 2270. The molecule has 0 heterocycles. The van der Waals surface area contributed by atoms with E-state index in [4.69, 9.17) is 0 Å². The van der Waals surface area contributed by atoms with Gasteiger partial charge in [0.05, 0.1) is 0 Å². The van der Waals surface area contributed by atoms with Gasteiger partial charge >= 0.3 is 0 Å². The molecule has 0 N–H and O–H groups in total. The molecule has 4 saturated carbocycles. The summed E-state index contributed by atoms with van der Waals surface area (Å²) in [5.41, 5.74) is 22.9. The Balaban J connectivity index is 0.000000152. The van der Waals surface area contributed by atoms with Crippen LogP contribution in [0.2, 0.25) is 0 Å². The van der Waals surface area contributed by atoms with Crippen LogP contribution in [-0.4, -0.2) is 0 Å². The van der Waals surface area contributed by atoms with Gasteiger partial charge in [-0.3, -0.25) is 0 Å². The maximum absolute atomic E-state index is 2.45.